The van der Waals surface area contributed by atoms with Gasteiger partial charge in [-0.3, -0.25) is 4.57 Å². The van der Waals surface area contributed by atoms with Crippen molar-refractivity contribution in [2.75, 3.05) is 12.3 Å². The molecule has 22 heavy (non-hydrogen) atoms. The number of rotatable bonds is 7. The maximum absolute atomic E-state index is 14.1. The average molecular weight is 322 g/mol. The van der Waals surface area contributed by atoms with Crippen LogP contribution in [0.1, 0.15) is 18.7 Å². The molecule has 1 aromatic heterocycles. The van der Waals surface area contributed by atoms with E-state index in [0.717, 1.165) is 12.8 Å². The number of aromatic nitrogens is 3. The summed E-state index contributed by atoms with van der Waals surface area (Å²) in [7, 11) is 0. The predicted octanol–water partition coefficient (Wildman–Crippen LogP) is 1.77. The number of hydrogen-bond acceptors (Lipinski definition) is 5. The molecular formula is C15H19FN4OS. The van der Waals surface area contributed by atoms with E-state index in [1.807, 2.05) is 0 Å². The lowest BCUT2D eigenvalue weighted by Gasteiger charge is -2.12. The van der Waals surface area contributed by atoms with Gasteiger partial charge in [-0.1, -0.05) is 23.9 Å². The Morgan fingerprint density at radius 3 is 2.82 bits per heavy atom. The molecule has 118 valence electrons. The number of aliphatic hydroxyl groups is 1. The van der Waals surface area contributed by atoms with Crippen molar-refractivity contribution >= 4 is 11.8 Å². The summed E-state index contributed by atoms with van der Waals surface area (Å²) < 4.78 is 15.8. The Balaban J connectivity index is 1.87. The number of hydrogen-bond donors (Lipinski definition) is 2. The van der Waals surface area contributed by atoms with E-state index in [0.29, 0.717) is 41.3 Å². The first kappa shape index (κ1) is 15.5. The van der Waals surface area contributed by atoms with Crippen LogP contribution in [0.5, 0.6) is 0 Å². The molecule has 1 aromatic carbocycles. The summed E-state index contributed by atoms with van der Waals surface area (Å²) in [5.74, 6) is 1.25. The van der Waals surface area contributed by atoms with Crippen LogP contribution in [0.3, 0.4) is 0 Å². The van der Waals surface area contributed by atoms with Crippen molar-refractivity contribution in [3.05, 3.63) is 35.9 Å². The fraction of sp³-hybridized carbons (Fsp3) is 0.467. The highest BCUT2D eigenvalue weighted by atomic mass is 32.2. The molecule has 0 amide bonds. The summed E-state index contributed by atoms with van der Waals surface area (Å²) in [5.41, 5.74) is 6.02. The van der Waals surface area contributed by atoms with E-state index < -0.39 is 0 Å². The van der Waals surface area contributed by atoms with Crippen LogP contribution in [0.25, 0.3) is 5.69 Å². The number of nitrogens with two attached hydrogens (primary N) is 1. The van der Waals surface area contributed by atoms with Crippen LogP contribution in [-0.4, -0.2) is 38.3 Å². The first-order valence-corrected chi connectivity index (χ1v) is 8.39. The molecule has 0 saturated heterocycles. The zero-order chi connectivity index (χ0) is 15.5. The molecule has 1 fully saturated rings. The molecule has 7 heteroatoms. The van der Waals surface area contributed by atoms with E-state index in [2.05, 4.69) is 10.2 Å². The molecule has 0 radical (unpaired) electrons. The van der Waals surface area contributed by atoms with Crippen LogP contribution in [0.4, 0.5) is 4.39 Å². The Kier molecular flexibility index (Phi) is 4.75. The third-order valence-electron chi connectivity index (χ3n) is 3.71. The summed E-state index contributed by atoms with van der Waals surface area (Å²) in [6.45, 7) is 0.419. The third-order valence-corrected chi connectivity index (χ3v) is 4.74. The number of para-hydroxylation sites is 1. The van der Waals surface area contributed by atoms with Gasteiger partial charge in [0.15, 0.2) is 5.16 Å². The second-order valence-electron chi connectivity index (χ2n) is 5.44. The quantitative estimate of drug-likeness (QED) is 0.760. The van der Waals surface area contributed by atoms with Crippen molar-refractivity contribution in [1.29, 1.82) is 0 Å². The van der Waals surface area contributed by atoms with Gasteiger partial charge in [0.25, 0.3) is 0 Å². The summed E-state index contributed by atoms with van der Waals surface area (Å²) in [5, 5.41) is 18.9. The standard InChI is InChI=1S/C15H19FN4OS/c16-11-3-1-2-4-12(11)20-14(7-8-17)18-19-15(20)22-9-13(21)10-5-6-10/h1-4,10,13,21H,5-9,17H2/t13-/m0/s1. The third kappa shape index (κ3) is 3.31. The van der Waals surface area contributed by atoms with Gasteiger partial charge in [-0.15, -0.1) is 10.2 Å². The molecule has 0 aliphatic heterocycles. The second kappa shape index (κ2) is 6.76. The smallest absolute Gasteiger partial charge is 0.196 e. The number of benzene rings is 1. The number of halogens is 1. The first-order valence-electron chi connectivity index (χ1n) is 7.41. The molecule has 1 atom stereocenters. The highest BCUT2D eigenvalue weighted by molar-refractivity contribution is 7.99. The first-order chi connectivity index (χ1) is 10.7. The largest absolute Gasteiger partial charge is 0.392 e. The SMILES string of the molecule is NCCc1nnc(SC[C@H](O)C2CC2)n1-c1ccccc1F. The average Bonchev–Trinajstić information content (AvgIpc) is 3.29. The summed E-state index contributed by atoms with van der Waals surface area (Å²) in [4.78, 5) is 0. The van der Waals surface area contributed by atoms with Crippen LogP contribution in [0.2, 0.25) is 0 Å². The molecule has 0 bridgehead atoms. The Morgan fingerprint density at radius 1 is 1.36 bits per heavy atom. The van der Waals surface area contributed by atoms with Crippen LogP contribution in [0.15, 0.2) is 29.4 Å². The van der Waals surface area contributed by atoms with Gasteiger partial charge in [0.2, 0.25) is 0 Å². The van der Waals surface area contributed by atoms with Crippen molar-refractivity contribution in [3.8, 4) is 5.69 Å². The molecule has 3 N–H and O–H groups in total. The van der Waals surface area contributed by atoms with Crippen molar-refractivity contribution in [3.63, 3.8) is 0 Å². The minimum Gasteiger partial charge on any atom is -0.392 e. The fourth-order valence-electron chi connectivity index (χ4n) is 2.34. The normalized spacial score (nSPS) is 16.0. The second-order valence-corrected chi connectivity index (χ2v) is 6.43. The lowest BCUT2D eigenvalue weighted by molar-refractivity contribution is 0.176. The minimum atomic E-state index is -0.339. The topological polar surface area (TPSA) is 77.0 Å². The lowest BCUT2D eigenvalue weighted by Crippen LogP contribution is -2.14. The molecule has 2 aromatic rings. The zero-order valence-electron chi connectivity index (χ0n) is 12.2. The van der Waals surface area contributed by atoms with Crippen LogP contribution < -0.4 is 5.73 Å². The van der Waals surface area contributed by atoms with E-state index in [4.69, 9.17) is 5.73 Å². The molecule has 1 aliphatic carbocycles. The molecule has 1 heterocycles. The van der Waals surface area contributed by atoms with Gasteiger partial charge >= 0.3 is 0 Å². The van der Waals surface area contributed by atoms with E-state index in [9.17, 15) is 9.50 Å². The molecule has 0 unspecified atom stereocenters. The highest BCUT2D eigenvalue weighted by Gasteiger charge is 2.30. The minimum absolute atomic E-state index is 0.329. The Labute approximate surface area is 132 Å². The molecular weight excluding hydrogens is 303 g/mol. The van der Waals surface area contributed by atoms with Crippen LogP contribution in [-0.2, 0) is 6.42 Å². The number of aliphatic hydroxyl groups excluding tert-OH is 1. The van der Waals surface area contributed by atoms with Gasteiger partial charge in [0.1, 0.15) is 11.6 Å². The lowest BCUT2D eigenvalue weighted by atomic mass is 10.3. The van der Waals surface area contributed by atoms with E-state index in [1.54, 1.807) is 22.8 Å². The molecule has 1 saturated carbocycles. The predicted molar refractivity (Wildman–Crippen MR) is 83.5 cm³/mol. The Hall–Kier alpha value is -1.44. The maximum atomic E-state index is 14.1. The molecule has 0 spiro atoms. The summed E-state index contributed by atoms with van der Waals surface area (Å²) >= 11 is 1.41. The van der Waals surface area contributed by atoms with Crippen LogP contribution >= 0.6 is 11.8 Å². The van der Waals surface area contributed by atoms with Gasteiger partial charge in [-0.2, -0.15) is 0 Å². The Morgan fingerprint density at radius 2 is 2.14 bits per heavy atom. The Bertz CT molecular complexity index is 644. The van der Waals surface area contributed by atoms with Gasteiger partial charge < -0.3 is 10.8 Å². The summed E-state index contributed by atoms with van der Waals surface area (Å²) in [6.07, 6.45) is 2.35. The van der Waals surface area contributed by atoms with Crippen molar-refractivity contribution in [2.45, 2.75) is 30.5 Å². The van der Waals surface area contributed by atoms with Gasteiger partial charge in [-0.05, 0) is 37.4 Å². The van der Waals surface area contributed by atoms with Crippen molar-refractivity contribution in [2.24, 2.45) is 11.7 Å². The maximum Gasteiger partial charge on any atom is 0.196 e. The molecule has 5 nitrogen and oxygen atoms in total. The van der Waals surface area contributed by atoms with E-state index in [-0.39, 0.29) is 11.9 Å². The highest BCUT2D eigenvalue weighted by Crippen LogP contribution is 2.35. The monoisotopic (exact) mass is 322 g/mol. The van der Waals surface area contributed by atoms with Crippen LogP contribution in [0, 0.1) is 11.7 Å². The van der Waals surface area contributed by atoms with Crippen molar-refractivity contribution in [1.82, 2.24) is 14.8 Å². The van der Waals surface area contributed by atoms with Crippen molar-refractivity contribution < 1.29 is 9.50 Å². The van der Waals surface area contributed by atoms with Gasteiger partial charge in [0.05, 0.1) is 11.8 Å². The van der Waals surface area contributed by atoms with Gasteiger partial charge in [0, 0.05) is 12.2 Å². The number of thioether (sulfide) groups is 1. The fourth-order valence-corrected chi connectivity index (χ4v) is 3.36. The summed E-state index contributed by atoms with van der Waals surface area (Å²) in [6, 6.07) is 6.53. The molecule has 1 aliphatic rings. The molecule has 3 rings (SSSR count). The van der Waals surface area contributed by atoms with Gasteiger partial charge in [-0.25, -0.2) is 4.39 Å². The van der Waals surface area contributed by atoms with E-state index in [1.165, 1.54) is 17.8 Å². The van der Waals surface area contributed by atoms with E-state index >= 15 is 0 Å². The zero-order valence-corrected chi connectivity index (χ0v) is 13.0. The number of nitrogens with zero attached hydrogens (tertiary/aromatic N) is 3.